The van der Waals surface area contributed by atoms with E-state index in [1.54, 1.807) is 0 Å². The molecule has 0 saturated carbocycles. The molecule has 1 saturated heterocycles. The molecule has 1 heterocycles. The van der Waals surface area contributed by atoms with Gasteiger partial charge in [-0.05, 0) is 56.5 Å². The molecule has 0 aromatic heterocycles. The zero-order chi connectivity index (χ0) is 21.2. The van der Waals surface area contributed by atoms with Crippen molar-refractivity contribution in [2.24, 2.45) is 5.92 Å². The fraction of sp³-hybridized carbons (Fsp3) is 0.381. The standard InChI is InChI=1S/C21H25ClN2O4S/c1-14-6-8-19(15(2)11-14)23-21(25)16-5-4-10-24(13-16)29(26,27)17-7-9-20(28-3)18(22)12-17/h6-9,11-12,16H,4-5,10,13H2,1-3H3,(H,23,25). The highest BCUT2D eigenvalue weighted by Gasteiger charge is 2.33. The lowest BCUT2D eigenvalue weighted by atomic mass is 9.98. The molecule has 0 spiro atoms. The number of rotatable bonds is 5. The van der Waals surface area contributed by atoms with Gasteiger partial charge in [0.15, 0.2) is 0 Å². The minimum Gasteiger partial charge on any atom is -0.495 e. The SMILES string of the molecule is COc1ccc(S(=O)(=O)N2CCCC(C(=O)Nc3ccc(C)cc3C)C2)cc1Cl. The summed E-state index contributed by atoms with van der Waals surface area (Å²) in [5.74, 6) is -0.160. The first kappa shape index (κ1) is 21.6. The monoisotopic (exact) mass is 436 g/mol. The third kappa shape index (κ3) is 4.74. The molecule has 29 heavy (non-hydrogen) atoms. The van der Waals surface area contributed by atoms with Crippen molar-refractivity contribution in [1.29, 1.82) is 0 Å². The van der Waals surface area contributed by atoms with Crippen LogP contribution in [0.4, 0.5) is 5.69 Å². The van der Waals surface area contributed by atoms with E-state index in [9.17, 15) is 13.2 Å². The van der Waals surface area contributed by atoms with Crippen LogP contribution in [0.25, 0.3) is 0 Å². The zero-order valence-electron chi connectivity index (χ0n) is 16.7. The Labute approximate surface area is 176 Å². The molecule has 2 aromatic rings. The topological polar surface area (TPSA) is 75.7 Å². The quantitative estimate of drug-likeness (QED) is 0.768. The molecule has 1 amide bonds. The first-order valence-electron chi connectivity index (χ1n) is 9.44. The van der Waals surface area contributed by atoms with Gasteiger partial charge in [-0.2, -0.15) is 4.31 Å². The second-order valence-corrected chi connectivity index (χ2v) is 9.65. The molecule has 0 bridgehead atoms. The minimum absolute atomic E-state index is 0.0961. The van der Waals surface area contributed by atoms with Gasteiger partial charge in [0.25, 0.3) is 0 Å². The van der Waals surface area contributed by atoms with E-state index in [0.29, 0.717) is 25.1 Å². The van der Waals surface area contributed by atoms with Gasteiger partial charge < -0.3 is 10.1 Å². The number of halogens is 1. The zero-order valence-corrected chi connectivity index (χ0v) is 18.3. The van der Waals surface area contributed by atoms with E-state index < -0.39 is 15.9 Å². The maximum atomic E-state index is 13.1. The Balaban J connectivity index is 1.75. The summed E-state index contributed by atoms with van der Waals surface area (Å²) in [7, 11) is -2.28. The lowest BCUT2D eigenvalue weighted by molar-refractivity contribution is -0.120. The molecular weight excluding hydrogens is 412 g/mol. The molecule has 1 fully saturated rings. The van der Waals surface area contributed by atoms with E-state index in [4.69, 9.17) is 16.3 Å². The van der Waals surface area contributed by atoms with Crippen LogP contribution in [0.3, 0.4) is 0 Å². The van der Waals surface area contributed by atoms with Gasteiger partial charge in [-0.3, -0.25) is 4.79 Å². The number of methoxy groups -OCH3 is 1. The molecule has 0 aliphatic carbocycles. The second kappa shape index (κ2) is 8.73. The van der Waals surface area contributed by atoms with Crippen LogP contribution in [-0.4, -0.2) is 38.8 Å². The van der Waals surface area contributed by atoms with E-state index in [1.165, 1.54) is 29.6 Å². The van der Waals surface area contributed by atoms with Crippen LogP contribution in [0.2, 0.25) is 5.02 Å². The first-order chi connectivity index (χ1) is 13.7. The Hall–Kier alpha value is -2.09. The number of carbonyl (C=O) groups excluding carboxylic acids is 1. The molecule has 1 N–H and O–H groups in total. The van der Waals surface area contributed by atoms with E-state index in [-0.39, 0.29) is 22.4 Å². The Kier molecular flexibility index (Phi) is 6.51. The lowest BCUT2D eigenvalue weighted by Gasteiger charge is -2.31. The van der Waals surface area contributed by atoms with Crippen LogP contribution in [-0.2, 0) is 14.8 Å². The molecule has 1 aliphatic heterocycles. The molecule has 6 nitrogen and oxygen atoms in total. The van der Waals surface area contributed by atoms with E-state index in [0.717, 1.165) is 16.8 Å². The molecule has 2 aromatic carbocycles. The number of piperidine rings is 1. The number of aryl methyl sites for hydroxylation is 2. The van der Waals surface area contributed by atoms with Crippen molar-refractivity contribution in [3.05, 3.63) is 52.5 Å². The van der Waals surface area contributed by atoms with Gasteiger partial charge in [0, 0.05) is 18.8 Å². The van der Waals surface area contributed by atoms with Crippen LogP contribution in [0, 0.1) is 19.8 Å². The summed E-state index contributed by atoms with van der Waals surface area (Å²) in [5, 5.41) is 3.18. The summed E-state index contributed by atoms with van der Waals surface area (Å²) in [6, 6.07) is 10.2. The van der Waals surface area contributed by atoms with Crippen molar-refractivity contribution in [3.63, 3.8) is 0 Å². The molecule has 1 unspecified atom stereocenters. The van der Waals surface area contributed by atoms with E-state index in [2.05, 4.69) is 5.32 Å². The number of ether oxygens (including phenoxy) is 1. The van der Waals surface area contributed by atoms with Gasteiger partial charge in [-0.25, -0.2) is 8.42 Å². The van der Waals surface area contributed by atoms with Gasteiger partial charge in [-0.15, -0.1) is 0 Å². The van der Waals surface area contributed by atoms with Crippen LogP contribution in [0.15, 0.2) is 41.3 Å². The average molecular weight is 437 g/mol. The van der Waals surface area contributed by atoms with Crippen LogP contribution in [0.1, 0.15) is 24.0 Å². The van der Waals surface area contributed by atoms with Crippen LogP contribution in [0.5, 0.6) is 5.75 Å². The highest BCUT2D eigenvalue weighted by Crippen LogP contribution is 2.30. The number of hydrogen-bond acceptors (Lipinski definition) is 4. The largest absolute Gasteiger partial charge is 0.495 e. The third-order valence-electron chi connectivity index (χ3n) is 5.16. The summed E-state index contributed by atoms with van der Waals surface area (Å²) in [4.78, 5) is 12.9. The lowest BCUT2D eigenvalue weighted by Crippen LogP contribution is -2.43. The van der Waals surface area contributed by atoms with Crippen molar-refractivity contribution in [3.8, 4) is 5.75 Å². The Morgan fingerprint density at radius 3 is 2.62 bits per heavy atom. The maximum absolute atomic E-state index is 13.1. The predicted octanol–water partition coefficient (Wildman–Crippen LogP) is 4.00. The normalized spacial score (nSPS) is 17.7. The Morgan fingerprint density at radius 1 is 1.21 bits per heavy atom. The number of sulfonamides is 1. The Morgan fingerprint density at radius 2 is 1.97 bits per heavy atom. The van der Waals surface area contributed by atoms with Crippen molar-refractivity contribution in [2.75, 3.05) is 25.5 Å². The highest BCUT2D eigenvalue weighted by atomic mass is 35.5. The van der Waals surface area contributed by atoms with E-state index in [1.807, 2.05) is 32.0 Å². The summed E-state index contributed by atoms with van der Waals surface area (Å²) >= 11 is 6.10. The Bertz CT molecular complexity index is 1020. The van der Waals surface area contributed by atoms with Crippen molar-refractivity contribution in [2.45, 2.75) is 31.6 Å². The highest BCUT2D eigenvalue weighted by molar-refractivity contribution is 7.89. The third-order valence-corrected chi connectivity index (χ3v) is 7.31. The summed E-state index contributed by atoms with van der Waals surface area (Å²) in [5.41, 5.74) is 2.85. The maximum Gasteiger partial charge on any atom is 0.243 e. The number of nitrogens with zero attached hydrogens (tertiary/aromatic N) is 1. The summed E-state index contributed by atoms with van der Waals surface area (Å²) < 4.78 is 32.6. The molecule has 0 radical (unpaired) electrons. The average Bonchev–Trinajstić information content (AvgIpc) is 2.70. The van der Waals surface area contributed by atoms with Crippen LogP contribution >= 0.6 is 11.6 Å². The minimum atomic E-state index is -3.75. The number of nitrogens with one attached hydrogen (secondary N) is 1. The molecule has 1 atom stereocenters. The number of amides is 1. The van der Waals surface area contributed by atoms with Crippen molar-refractivity contribution < 1.29 is 17.9 Å². The number of hydrogen-bond donors (Lipinski definition) is 1. The number of benzene rings is 2. The fourth-order valence-electron chi connectivity index (χ4n) is 3.52. The molecule has 156 valence electrons. The van der Waals surface area contributed by atoms with Crippen molar-refractivity contribution in [1.82, 2.24) is 4.31 Å². The summed E-state index contributed by atoms with van der Waals surface area (Å²) in [6.45, 7) is 4.45. The predicted molar refractivity (Wildman–Crippen MR) is 114 cm³/mol. The summed E-state index contributed by atoms with van der Waals surface area (Å²) in [6.07, 6.45) is 1.26. The second-order valence-electron chi connectivity index (χ2n) is 7.31. The first-order valence-corrected chi connectivity index (χ1v) is 11.3. The van der Waals surface area contributed by atoms with Gasteiger partial charge in [-0.1, -0.05) is 29.3 Å². The van der Waals surface area contributed by atoms with Crippen molar-refractivity contribution >= 4 is 33.2 Å². The molecule has 3 rings (SSSR count). The smallest absolute Gasteiger partial charge is 0.243 e. The van der Waals surface area contributed by atoms with E-state index >= 15 is 0 Å². The number of anilines is 1. The van der Waals surface area contributed by atoms with Gasteiger partial charge in [0.05, 0.1) is 22.9 Å². The van der Waals surface area contributed by atoms with Gasteiger partial charge >= 0.3 is 0 Å². The fourth-order valence-corrected chi connectivity index (χ4v) is 5.39. The molecule has 8 heteroatoms. The van der Waals surface area contributed by atoms with Gasteiger partial charge in [0.2, 0.25) is 15.9 Å². The number of carbonyl (C=O) groups is 1. The van der Waals surface area contributed by atoms with Crippen LogP contribution < -0.4 is 10.1 Å². The molecule has 1 aliphatic rings. The van der Waals surface area contributed by atoms with Gasteiger partial charge in [0.1, 0.15) is 5.75 Å². The molecular formula is C21H25ClN2O4S.